The van der Waals surface area contributed by atoms with Crippen molar-refractivity contribution in [1.82, 2.24) is 20.8 Å². The highest BCUT2D eigenvalue weighted by Crippen LogP contribution is 2.23. The standard InChI is InChI=1S/C20H29N5O2/c1-4-17-24-18(27-25-17)16-8-6-15(7-9-16)10-12-22-19(21-3)23-14-20(2)11-5-13-26-20/h6-9H,4-5,10-14H2,1-3H3,(H2,21,22,23). The number of aromatic nitrogens is 2. The molecule has 0 amide bonds. The zero-order valence-electron chi connectivity index (χ0n) is 16.4. The van der Waals surface area contributed by atoms with E-state index in [0.717, 1.165) is 62.7 Å². The first-order valence-corrected chi connectivity index (χ1v) is 9.62. The SMILES string of the molecule is CCc1noc(-c2ccc(CCNC(=NC)NCC3(C)CCCO3)cc2)n1. The van der Waals surface area contributed by atoms with E-state index in [-0.39, 0.29) is 5.60 Å². The van der Waals surface area contributed by atoms with Crippen LogP contribution in [-0.2, 0) is 17.6 Å². The molecule has 0 spiro atoms. The second-order valence-corrected chi connectivity index (χ2v) is 7.07. The summed E-state index contributed by atoms with van der Waals surface area (Å²) in [6, 6.07) is 8.23. The van der Waals surface area contributed by atoms with E-state index >= 15 is 0 Å². The normalized spacial score (nSPS) is 20.0. The average Bonchev–Trinajstić information content (AvgIpc) is 3.34. The van der Waals surface area contributed by atoms with Gasteiger partial charge in [-0.3, -0.25) is 4.99 Å². The van der Waals surface area contributed by atoms with E-state index in [4.69, 9.17) is 9.26 Å². The Balaban J connectivity index is 1.45. The lowest BCUT2D eigenvalue weighted by atomic mass is 10.0. The summed E-state index contributed by atoms with van der Waals surface area (Å²) in [6.45, 7) is 6.58. The molecule has 2 heterocycles. The van der Waals surface area contributed by atoms with Gasteiger partial charge in [-0.25, -0.2) is 0 Å². The van der Waals surface area contributed by atoms with Crippen LogP contribution < -0.4 is 10.6 Å². The molecule has 1 aliphatic heterocycles. The van der Waals surface area contributed by atoms with Crippen LogP contribution >= 0.6 is 0 Å². The molecule has 1 unspecified atom stereocenters. The number of guanidine groups is 1. The molecule has 0 bridgehead atoms. The Labute approximate surface area is 160 Å². The van der Waals surface area contributed by atoms with Crippen molar-refractivity contribution in [2.75, 3.05) is 26.7 Å². The van der Waals surface area contributed by atoms with Crippen LogP contribution in [0.3, 0.4) is 0 Å². The zero-order valence-corrected chi connectivity index (χ0v) is 16.4. The topological polar surface area (TPSA) is 84.6 Å². The van der Waals surface area contributed by atoms with Gasteiger partial charge in [0, 0.05) is 38.7 Å². The average molecular weight is 371 g/mol. The number of rotatable bonds is 7. The monoisotopic (exact) mass is 371 g/mol. The predicted octanol–water partition coefficient (Wildman–Crippen LogP) is 2.58. The number of aryl methyl sites for hydroxylation is 1. The molecule has 3 rings (SSSR count). The molecular formula is C20H29N5O2. The number of aliphatic imine (C=N–C) groups is 1. The summed E-state index contributed by atoms with van der Waals surface area (Å²) < 4.78 is 11.1. The van der Waals surface area contributed by atoms with Crippen LogP contribution in [0.5, 0.6) is 0 Å². The molecule has 27 heavy (non-hydrogen) atoms. The fourth-order valence-corrected chi connectivity index (χ4v) is 3.12. The number of hydrogen-bond donors (Lipinski definition) is 2. The third-order valence-corrected chi connectivity index (χ3v) is 4.85. The van der Waals surface area contributed by atoms with E-state index in [0.29, 0.717) is 5.89 Å². The number of hydrogen-bond acceptors (Lipinski definition) is 5. The van der Waals surface area contributed by atoms with Crippen molar-refractivity contribution in [3.63, 3.8) is 0 Å². The Morgan fingerprint density at radius 1 is 1.26 bits per heavy atom. The molecule has 0 aliphatic carbocycles. The Hall–Kier alpha value is -2.41. The van der Waals surface area contributed by atoms with Crippen LogP contribution in [0.2, 0.25) is 0 Å². The highest BCUT2D eigenvalue weighted by molar-refractivity contribution is 5.79. The lowest BCUT2D eigenvalue weighted by Crippen LogP contribution is -2.45. The Kier molecular flexibility index (Phi) is 6.45. The van der Waals surface area contributed by atoms with Crippen molar-refractivity contribution < 1.29 is 9.26 Å². The van der Waals surface area contributed by atoms with Crippen molar-refractivity contribution in [2.45, 2.75) is 45.1 Å². The number of benzene rings is 1. The summed E-state index contributed by atoms with van der Waals surface area (Å²) >= 11 is 0. The van der Waals surface area contributed by atoms with Crippen LogP contribution in [0.15, 0.2) is 33.8 Å². The Bertz CT molecular complexity index is 748. The van der Waals surface area contributed by atoms with E-state index in [2.05, 4.69) is 44.8 Å². The molecule has 0 saturated carbocycles. The predicted molar refractivity (Wildman–Crippen MR) is 106 cm³/mol. The molecule has 0 radical (unpaired) electrons. The molecule has 7 heteroatoms. The molecule has 1 aliphatic rings. The molecule has 1 aromatic heterocycles. The van der Waals surface area contributed by atoms with Gasteiger partial charge >= 0.3 is 0 Å². The Morgan fingerprint density at radius 3 is 2.70 bits per heavy atom. The quantitative estimate of drug-likeness (QED) is 0.575. The van der Waals surface area contributed by atoms with Crippen molar-refractivity contribution in [2.24, 2.45) is 4.99 Å². The lowest BCUT2D eigenvalue weighted by molar-refractivity contribution is 0.0243. The van der Waals surface area contributed by atoms with Gasteiger partial charge < -0.3 is 19.9 Å². The van der Waals surface area contributed by atoms with Crippen LogP contribution in [0.4, 0.5) is 0 Å². The molecule has 7 nitrogen and oxygen atoms in total. The van der Waals surface area contributed by atoms with Crippen LogP contribution in [0.25, 0.3) is 11.5 Å². The number of ether oxygens (including phenoxy) is 1. The molecule has 1 saturated heterocycles. The summed E-state index contributed by atoms with van der Waals surface area (Å²) in [5.41, 5.74) is 2.10. The minimum Gasteiger partial charge on any atom is -0.373 e. The van der Waals surface area contributed by atoms with Gasteiger partial charge in [-0.1, -0.05) is 24.2 Å². The molecule has 1 fully saturated rings. The summed E-state index contributed by atoms with van der Waals surface area (Å²) in [4.78, 5) is 8.65. The summed E-state index contributed by atoms with van der Waals surface area (Å²) in [7, 11) is 1.79. The van der Waals surface area contributed by atoms with Gasteiger partial charge in [0.15, 0.2) is 11.8 Å². The largest absolute Gasteiger partial charge is 0.373 e. The lowest BCUT2D eigenvalue weighted by Gasteiger charge is -2.24. The highest BCUT2D eigenvalue weighted by Gasteiger charge is 2.29. The van der Waals surface area contributed by atoms with Gasteiger partial charge in [0.25, 0.3) is 5.89 Å². The maximum atomic E-state index is 5.80. The van der Waals surface area contributed by atoms with E-state index in [1.165, 1.54) is 5.56 Å². The van der Waals surface area contributed by atoms with E-state index in [9.17, 15) is 0 Å². The second-order valence-electron chi connectivity index (χ2n) is 7.07. The van der Waals surface area contributed by atoms with Crippen molar-refractivity contribution in [1.29, 1.82) is 0 Å². The van der Waals surface area contributed by atoms with E-state index in [1.54, 1.807) is 7.05 Å². The van der Waals surface area contributed by atoms with E-state index < -0.39 is 0 Å². The number of nitrogens with zero attached hydrogens (tertiary/aromatic N) is 3. The van der Waals surface area contributed by atoms with Gasteiger partial charge in [0.2, 0.25) is 0 Å². The van der Waals surface area contributed by atoms with Crippen molar-refractivity contribution >= 4 is 5.96 Å². The van der Waals surface area contributed by atoms with E-state index in [1.807, 2.05) is 19.1 Å². The summed E-state index contributed by atoms with van der Waals surface area (Å²) in [5.74, 6) is 2.11. The first-order chi connectivity index (χ1) is 13.1. The third-order valence-electron chi connectivity index (χ3n) is 4.85. The van der Waals surface area contributed by atoms with Gasteiger partial charge in [0.05, 0.1) is 5.60 Å². The maximum absolute atomic E-state index is 5.80. The molecule has 2 N–H and O–H groups in total. The van der Waals surface area contributed by atoms with Crippen LogP contribution in [0, 0.1) is 0 Å². The summed E-state index contributed by atoms with van der Waals surface area (Å²) in [6.07, 6.45) is 3.89. The maximum Gasteiger partial charge on any atom is 0.257 e. The zero-order chi connectivity index (χ0) is 19.1. The third kappa shape index (κ3) is 5.29. The van der Waals surface area contributed by atoms with Crippen molar-refractivity contribution in [3.05, 3.63) is 35.7 Å². The summed E-state index contributed by atoms with van der Waals surface area (Å²) in [5, 5.41) is 10.7. The first-order valence-electron chi connectivity index (χ1n) is 9.62. The molecular weight excluding hydrogens is 342 g/mol. The fourth-order valence-electron chi connectivity index (χ4n) is 3.12. The van der Waals surface area contributed by atoms with Gasteiger partial charge in [-0.2, -0.15) is 4.98 Å². The Morgan fingerprint density at radius 2 is 2.07 bits per heavy atom. The minimum absolute atomic E-state index is 0.0835. The molecule has 1 atom stereocenters. The van der Waals surface area contributed by atoms with Crippen LogP contribution in [-0.4, -0.2) is 48.4 Å². The van der Waals surface area contributed by atoms with Crippen LogP contribution in [0.1, 0.15) is 38.1 Å². The second kappa shape index (κ2) is 8.99. The molecule has 146 valence electrons. The van der Waals surface area contributed by atoms with Gasteiger partial charge in [-0.15, -0.1) is 0 Å². The van der Waals surface area contributed by atoms with Crippen molar-refractivity contribution in [3.8, 4) is 11.5 Å². The van der Waals surface area contributed by atoms with Gasteiger partial charge in [0.1, 0.15) is 0 Å². The fraction of sp³-hybridized carbons (Fsp3) is 0.550. The van der Waals surface area contributed by atoms with Gasteiger partial charge in [-0.05, 0) is 43.9 Å². The highest BCUT2D eigenvalue weighted by atomic mass is 16.5. The molecule has 1 aromatic carbocycles. The molecule has 2 aromatic rings. The first kappa shape index (κ1) is 19.4. The smallest absolute Gasteiger partial charge is 0.257 e. The number of nitrogens with one attached hydrogen (secondary N) is 2. The minimum atomic E-state index is -0.0835.